The Morgan fingerprint density at radius 3 is 2.21 bits per heavy atom. The molecule has 4 nitrogen and oxygen atoms in total. The first-order chi connectivity index (χ1) is 16.6. The molecule has 164 valence electrons. The van der Waals surface area contributed by atoms with Crippen LogP contribution in [0.5, 0.6) is 0 Å². The third kappa shape index (κ3) is 4.24. The van der Waals surface area contributed by atoms with Gasteiger partial charge in [-0.15, -0.1) is 0 Å². The summed E-state index contributed by atoms with van der Waals surface area (Å²) in [5.74, 6) is 2.16. The van der Waals surface area contributed by atoms with Crippen molar-refractivity contribution in [2.45, 2.75) is 6.92 Å². The fraction of sp³-hybridized carbons (Fsp3) is 0.0345. The third-order valence-electron chi connectivity index (χ3n) is 5.49. The Bertz CT molecular complexity index is 1520. The molecule has 2 aromatic heterocycles. The maximum Gasteiger partial charge on any atom is 0.238 e. The molecule has 0 amide bonds. The summed E-state index contributed by atoms with van der Waals surface area (Å²) in [6, 6.07) is 31.6. The standard InChI is InChI=1S/C29H19BrN2O2/c1-19-12-13-22(16-25(19)30)26-15-14-23(33-26)18-32-29-24(17-31)27(20-8-4-2-5-9-20)28(34-29)21-10-6-3-7-11-21/h2-16,18H,1H3. The fourth-order valence-electron chi connectivity index (χ4n) is 3.73. The normalized spacial score (nSPS) is 11.1. The predicted molar refractivity (Wildman–Crippen MR) is 138 cm³/mol. The quantitative estimate of drug-likeness (QED) is 0.224. The van der Waals surface area contributed by atoms with Crippen LogP contribution in [0.3, 0.4) is 0 Å². The van der Waals surface area contributed by atoms with Crippen LogP contribution >= 0.6 is 15.9 Å². The Morgan fingerprint density at radius 2 is 1.53 bits per heavy atom. The van der Waals surface area contributed by atoms with E-state index >= 15 is 0 Å². The Morgan fingerprint density at radius 1 is 0.824 bits per heavy atom. The molecule has 0 atom stereocenters. The van der Waals surface area contributed by atoms with Crippen LogP contribution in [-0.2, 0) is 0 Å². The molecule has 0 aliphatic carbocycles. The lowest BCUT2D eigenvalue weighted by molar-refractivity contribution is 0.572. The lowest BCUT2D eigenvalue weighted by atomic mass is 9.98. The molecule has 0 aliphatic heterocycles. The van der Waals surface area contributed by atoms with Crippen molar-refractivity contribution in [3.8, 4) is 39.8 Å². The largest absolute Gasteiger partial charge is 0.455 e. The molecule has 0 unspecified atom stereocenters. The highest BCUT2D eigenvalue weighted by Gasteiger charge is 2.22. The Labute approximate surface area is 205 Å². The molecular weight excluding hydrogens is 488 g/mol. The van der Waals surface area contributed by atoms with Crippen LogP contribution in [0.4, 0.5) is 5.88 Å². The van der Waals surface area contributed by atoms with Crippen LogP contribution in [0.2, 0.25) is 0 Å². The zero-order chi connectivity index (χ0) is 23.5. The van der Waals surface area contributed by atoms with Gasteiger partial charge in [0.25, 0.3) is 0 Å². The number of nitriles is 1. The average molecular weight is 507 g/mol. The fourth-order valence-corrected chi connectivity index (χ4v) is 4.11. The van der Waals surface area contributed by atoms with Gasteiger partial charge in [-0.05, 0) is 36.2 Å². The Kier molecular flexibility index (Phi) is 5.99. The number of aliphatic imine (C=N–C) groups is 1. The second-order valence-corrected chi connectivity index (χ2v) is 8.61. The second-order valence-electron chi connectivity index (χ2n) is 7.75. The predicted octanol–water partition coefficient (Wildman–Crippen LogP) is 8.57. The van der Waals surface area contributed by atoms with Gasteiger partial charge in [-0.3, -0.25) is 0 Å². The number of hydrogen-bond acceptors (Lipinski definition) is 4. The molecule has 0 radical (unpaired) electrons. The van der Waals surface area contributed by atoms with Gasteiger partial charge in [-0.2, -0.15) is 5.26 Å². The van der Waals surface area contributed by atoms with Crippen molar-refractivity contribution < 1.29 is 8.83 Å². The van der Waals surface area contributed by atoms with E-state index in [1.807, 2.05) is 97.9 Å². The van der Waals surface area contributed by atoms with E-state index in [1.165, 1.54) is 0 Å². The average Bonchev–Trinajstić information content (AvgIpc) is 3.50. The maximum absolute atomic E-state index is 10.0. The molecule has 3 aromatic carbocycles. The zero-order valence-electron chi connectivity index (χ0n) is 18.3. The third-order valence-corrected chi connectivity index (χ3v) is 6.35. The van der Waals surface area contributed by atoms with Gasteiger partial charge in [0.15, 0.2) is 0 Å². The summed E-state index contributed by atoms with van der Waals surface area (Å²) < 4.78 is 13.1. The van der Waals surface area contributed by atoms with E-state index in [0.29, 0.717) is 17.1 Å². The van der Waals surface area contributed by atoms with E-state index in [0.717, 1.165) is 38.1 Å². The summed E-state index contributed by atoms with van der Waals surface area (Å²) in [6.45, 7) is 2.04. The minimum atomic E-state index is 0.247. The van der Waals surface area contributed by atoms with Gasteiger partial charge >= 0.3 is 0 Å². The van der Waals surface area contributed by atoms with E-state index in [9.17, 15) is 5.26 Å². The molecule has 0 spiro atoms. The van der Waals surface area contributed by atoms with Crippen molar-refractivity contribution in [3.63, 3.8) is 0 Å². The van der Waals surface area contributed by atoms with Crippen LogP contribution < -0.4 is 0 Å². The lowest BCUT2D eigenvalue weighted by Crippen LogP contribution is -1.83. The summed E-state index contributed by atoms with van der Waals surface area (Å²) in [6.07, 6.45) is 1.58. The van der Waals surface area contributed by atoms with E-state index in [4.69, 9.17) is 8.83 Å². The SMILES string of the molecule is Cc1ccc(-c2ccc(C=Nc3oc(-c4ccccc4)c(-c4ccccc4)c3C#N)o2)cc1Br. The number of nitrogens with zero attached hydrogens (tertiary/aromatic N) is 2. The lowest BCUT2D eigenvalue weighted by Gasteiger charge is -2.03. The van der Waals surface area contributed by atoms with Gasteiger partial charge in [0.1, 0.15) is 28.9 Å². The number of benzene rings is 3. The van der Waals surface area contributed by atoms with E-state index < -0.39 is 0 Å². The van der Waals surface area contributed by atoms with Crippen molar-refractivity contribution in [2.75, 3.05) is 0 Å². The summed E-state index contributed by atoms with van der Waals surface area (Å²) in [5.41, 5.74) is 5.01. The molecule has 5 heteroatoms. The van der Waals surface area contributed by atoms with Crippen molar-refractivity contribution in [1.29, 1.82) is 5.26 Å². The summed E-state index contributed by atoms with van der Waals surface area (Å²) >= 11 is 3.56. The van der Waals surface area contributed by atoms with Crippen LogP contribution in [0.1, 0.15) is 16.9 Å². The minimum Gasteiger partial charge on any atom is -0.455 e. The first-order valence-electron chi connectivity index (χ1n) is 10.7. The minimum absolute atomic E-state index is 0.247. The molecule has 5 aromatic rings. The monoisotopic (exact) mass is 506 g/mol. The topological polar surface area (TPSA) is 62.4 Å². The number of aryl methyl sites for hydroxylation is 1. The molecule has 0 saturated heterocycles. The van der Waals surface area contributed by atoms with Crippen LogP contribution in [0.15, 0.2) is 109 Å². The Hall–Kier alpha value is -4.14. The maximum atomic E-state index is 10.0. The second kappa shape index (κ2) is 9.38. The highest BCUT2D eigenvalue weighted by molar-refractivity contribution is 9.10. The Balaban J connectivity index is 1.55. The molecule has 0 bridgehead atoms. The van der Waals surface area contributed by atoms with Gasteiger partial charge in [0.05, 0.1) is 6.21 Å². The number of hydrogen-bond donors (Lipinski definition) is 0. The van der Waals surface area contributed by atoms with Gasteiger partial charge in [0.2, 0.25) is 5.88 Å². The first kappa shape index (κ1) is 21.7. The van der Waals surface area contributed by atoms with Gasteiger partial charge in [-0.1, -0.05) is 88.7 Å². The molecule has 0 fully saturated rings. The van der Waals surface area contributed by atoms with Crippen LogP contribution in [0.25, 0.3) is 33.8 Å². The molecule has 34 heavy (non-hydrogen) atoms. The zero-order valence-corrected chi connectivity index (χ0v) is 19.9. The highest BCUT2D eigenvalue weighted by atomic mass is 79.9. The smallest absolute Gasteiger partial charge is 0.238 e. The molecule has 5 rings (SSSR count). The van der Waals surface area contributed by atoms with E-state index in [1.54, 1.807) is 6.21 Å². The van der Waals surface area contributed by atoms with Gasteiger partial charge in [0, 0.05) is 21.2 Å². The van der Waals surface area contributed by atoms with Crippen molar-refractivity contribution in [2.24, 2.45) is 4.99 Å². The summed E-state index contributed by atoms with van der Waals surface area (Å²) in [4.78, 5) is 4.50. The molecular formula is C29H19BrN2O2. The van der Waals surface area contributed by atoms with Gasteiger partial charge in [-0.25, -0.2) is 4.99 Å². The molecule has 0 N–H and O–H groups in total. The summed E-state index contributed by atoms with van der Waals surface area (Å²) in [7, 11) is 0. The molecule has 0 aliphatic rings. The van der Waals surface area contributed by atoms with Crippen molar-refractivity contribution in [1.82, 2.24) is 0 Å². The molecule has 2 heterocycles. The number of rotatable bonds is 5. The first-order valence-corrected chi connectivity index (χ1v) is 11.5. The van der Waals surface area contributed by atoms with Crippen molar-refractivity contribution in [3.05, 3.63) is 112 Å². The number of furan rings is 2. The molecule has 0 saturated carbocycles. The number of halogens is 1. The van der Waals surface area contributed by atoms with Crippen LogP contribution in [-0.4, -0.2) is 6.21 Å². The van der Waals surface area contributed by atoms with E-state index in [-0.39, 0.29) is 5.88 Å². The van der Waals surface area contributed by atoms with Crippen LogP contribution in [0, 0.1) is 18.3 Å². The van der Waals surface area contributed by atoms with Crippen molar-refractivity contribution >= 4 is 28.0 Å². The van der Waals surface area contributed by atoms with Gasteiger partial charge < -0.3 is 8.83 Å². The van der Waals surface area contributed by atoms with E-state index in [2.05, 4.69) is 27.0 Å². The summed E-state index contributed by atoms with van der Waals surface area (Å²) in [5, 5.41) is 10.0. The highest BCUT2D eigenvalue weighted by Crippen LogP contribution is 2.42.